The Kier molecular flexibility index (Phi) is 3.68. The number of benzene rings is 3. The smallest absolute Gasteiger partial charge is 0.196 e. The largest absolute Gasteiger partial charge is 0.506 e. The summed E-state index contributed by atoms with van der Waals surface area (Å²) in [6, 6.07) is 11.3. The molecule has 0 aliphatic heterocycles. The molecule has 0 unspecified atom stereocenters. The lowest BCUT2D eigenvalue weighted by Crippen LogP contribution is -2.22. The Morgan fingerprint density at radius 3 is 2.14 bits per heavy atom. The van der Waals surface area contributed by atoms with Gasteiger partial charge in [0.05, 0.1) is 32.2 Å². The van der Waals surface area contributed by atoms with E-state index in [0.29, 0.717) is 20.9 Å². The van der Waals surface area contributed by atoms with Gasteiger partial charge in [-0.1, -0.05) is 59.1 Å². The third-order valence-electron chi connectivity index (χ3n) is 4.88. The number of hydrogen-bond acceptors (Lipinski definition) is 4. The summed E-state index contributed by atoms with van der Waals surface area (Å²) in [5.41, 5.74) is 1.10. The van der Waals surface area contributed by atoms with Crippen molar-refractivity contribution in [1.29, 1.82) is 0 Å². The molecular weight excluding hydrogens is 421 g/mol. The molecule has 1 heterocycles. The highest BCUT2D eigenvalue weighted by atomic mass is 35.5. The first-order chi connectivity index (χ1) is 13.4. The molecule has 0 bridgehead atoms. The number of aromatic hydroxyl groups is 1. The molecule has 1 aromatic heterocycles. The molecule has 28 heavy (non-hydrogen) atoms. The lowest BCUT2D eigenvalue weighted by Gasteiger charge is -2.21. The molecule has 4 nitrogen and oxygen atoms in total. The fourth-order valence-electron chi connectivity index (χ4n) is 3.63. The molecule has 4 aromatic rings. The van der Waals surface area contributed by atoms with Crippen LogP contribution < -0.4 is 0 Å². The van der Waals surface area contributed by atoms with Crippen LogP contribution >= 0.6 is 34.8 Å². The molecule has 1 aliphatic rings. The van der Waals surface area contributed by atoms with Crippen molar-refractivity contribution in [3.05, 3.63) is 79.8 Å². The second-order valence-electron chi connectivity index (χ2n) is 6.46. The fraction of sp³-hybridized carbons (Fsp3) is 0. The van der Waals surface area contributed by atoms with E-state index in [0.717, 1.165) is 0 Å². The van der Waals surface area contributed by atoms with Crippen LogP contribution in [0.25, 0.3) is 21.8 Å². The monoisotopic (exact) mass is 427 g/mol. The number of fused-ring (bicyclic) bond motifs is 5. The van der Waals surface area contributed by atoms with Crippen LogP contribution in [0.3, 0.4) is 0 Å². The van der Waals surface area contributed by atoms with Crippen LogP contribution in [-0.2, 0) is 0 Å². The Hall–Kier alpha value is -2.66. The predicted octanol–water partition coefficient (Wildman–Crippen LogP) is 5.83. The number of nitrogens with zero attached hydrogens (tertiary/aromatic N) is 1. The van der Waals surface area contributed by atoms with E-state index >= 15 is 0 Å². The van der Waals surface area contributed by atoms with E-state index < -0.39 is 5.78 Å². The van der Waals surface area contributed by atoms with Gasteiger partial charge in [0.25, 0.3) is 0 Å². The zero-order chi connectivity index (χ0) is 19.7. The lowest BCUT2D eigenvalue weighted by atomic mass is 9.82. The molecule has 5 rings (SSSR count). The summed E-state index contributed by atoms with van der Waals surface area (Å²) >= 11 is 18.7. The maximum Gasteiger partial charge on any atom is 0.196 e. The Morgan fingerprint density at radius 2 is 1.46 bits per heavy atom. The number of halogens is 3. The van der Waals surface area contributed by atoms with E-state index in [4.69, 9.17) is 34.8 Å². The van der Waals surface area contributed by atoms with E-state index in [1.807, 2.05) is 0 Å². The van der Waals surface area contributed by atoms with Crippen LogP contribution in [0.4, 0.5) is 0 Å². The standard InChI is InChI=1S/C21H8Cl3NO3/c22-9-5-8-6-12-18(25-17(8)13(23)7-9)15-14(16(24)21(12)28)19(26)10-3-1-2-4-11(10)20(15)27/h1-7,28H. The number of rotatable bonds is 0. The summed E-state index contributed by atoms with van der Waals surface area (Å²) in [6.45, 7) is 0. The van der Waals surface area contributed by atoms with Gasteiger partial charge in [-0.3, -0.25) is 9.59 Å². The Morgan fingerprint density at radius 1 is 0.821 bits per heavy atom. The van der Waals surface area contributed by atoms with Gasteiger partial charge in [-0.15, -0.1) is 0 Å². The molecule has 0 spiro atoms. The number of phenolic OH excluding ortho intramolecular Hbond substituents is 1. The zero-order valence-corrected chi connectivity index (χ0v) is 16.2. The number of ketones is 2. The molecule has 136 valence electrons. The Bertz CT molecular complexity index is 1400. The van der Waals surface area contributed by atoms with Crippen LogP contribution in [0, 0.1) is 0 Å². The molecule has 0 fully saturated rings. The van der Waals surface area contributed by atoms with Crippen molar-refractivity contribution >= 4 is 68.2 Å². The van der Waals surface area contributed by atoms with Gasteiger partial charge in [-0.2, -0.15) is 0 Å². The minimum atomic E-state index is -0.434. The fourth-order valence-corrected chi connectivity index (χ4v) is 4.46. The van der Waals surface area contributed by atoms with Gasteiger partial charge < -0.3 is 5.11 Å². The number of aromatic nitrogens is 1. The van der Waals surface area contributed by atoms with Gasteiger partial charge >= 0.3 is 0 Å². The zero-order valence-electron chi connectivity index (χ0n) is 13.9. The third-order valence-corrected chi connectivity index (χ3v) is 5.75. The normalized spacial score (nSPS) is 13.1. The first-order valence-corrected chi connectivity index (χ1v) is 9.34. The molecule has 0 atom stereocenters. The van der Waals surface area contributed by atoms with Gasteiger partial charge in [0.15, 0.2) is 11.6 Å². The molecule has 0 saturated heterocycles. The van der Waals surface area contributed by atoms with Gasteiger partial charge in [0.2, 0.25) is 0 Å². The quantitative estimate of drug-likeness (QED) is 0.315. The maximum absolute atomic E-state index is 13.2. The molecule has 0 saturated carbocycles. The second kappa shape index (κ2) is 5.92. The minimum Gasteiger partial charge on any atom is -0.506 e. The first-order valence-electron chi connectivity index (χ1n) is 8.21. The van der Waals surface area contributed by atoms with Crippen molar-refractivity contribution in [3.8, 4) is 5.75 Å². The average molecular weight is 429 g/mol. The summed E-state index contributed by atoms with van der Waals surface area (Å²) in [4.78, 5) is 30.8. The van der Waals surface area contributed by atoms with Crippen molar-refractivity contribution in [2.75, 3.05) is 0 Å². The van der Waals surface area contributed by atoms with E-state index in [2.05, 4.69) is 4.98 Å². The second-order valence-corrected chi connectivity index (χ2v) is 7.68. The summed E-state index contributed by atoms with van der Waals surface area (Å²) < 4.78 is 0. The first kappa shape index (κ1) is 17.4. The van der Waals surface area contributed by atoms with Gasteiger partial charge in [0, 0.05) is 26.9 Å². The third kappa shape index (κ3) is 2.23. The van der Waals surface area contributed by atoms with Crippen molar-refractivity contribution in [2.45, 2.75) is 0 Å². The maximum atomic E-state index is 13.2. The summed E-state index contributed by atoms with van der Waals surface area (Å²) in [5, 5.41) is 12.0. The highest BCUT2D eigenvalue weighted by molar-refractivity contribution is 6.43. The predicted molar refractivity (Wildman–Crippen MR) is 109 cm³/mol. The molecule has 7 heteroatoms. The van der Waals surface area contributed by atoms with E-state index in [1.54, 1.807) is 36.4 Å². The lowest BCUT2D eigenvalue weighted by molar-refractivity contribution is 0.0980. The van der Waals surface area contributed by atoms with Crippen molar-refractivity contribution in [1.82, 2.24) is 4.98 Å². The summed E-state index contributed by atoms with van der Waals surface area (Å²) in [5.74, 6) is -1.13. The summed E-state index contributed by atoms with van der Waals surface area (Å²) in [6.07, 6.45) is 0. The van der Waals surface area contributed by atoms with Crippen LogP contribution in [0.1, 0.15) is 31.8 Å². The number of hydrogen-bond donors (Lipinski definition) is 1. The van der Waals surface area contributed by atoms with E-state index in [9.17, 15) is 14.7 Å². The number of carbonyl (C=O) groups is 2. The topological polar surface area (TPSA) is 67.3 Å². The molecule has 0 amide bonds. The van der Waals surface area contributed by atoms with Crippen LogP contribution in [-0.4, -0.2) is 21.7 Å². The van der Waals surface area contributed by atoms with E-state index in [1.165, 1.54) is 6.07 Å². The number of phenols is 1. The molecular formula is C21H8Cl3NO3. The van der Waals surface area contributed by atoms with Crippen molar-refractivity contribution in [2.24, 2.45) is 0 Å². The van der Waals surface area contributed by atoms with Crippen LogP contribution in [0.5, 0.6) is 5.75 Å². The van der Waals surface area contributed by atoms with Gasteiger partial charge in [-0.05, 0) is 18.2 Å². The van der Waals surface area contributed by atoms with Gasteiger partial charge in [0.1, 0.15) is 5.75 Å². The van der Waals surface area contributed by atoms with E-state index in [-0.39, 0.29) is 49.7 Å². The summed E-state index contributed by atoms with van der Waals surface area (Å²) in [7, 11) is 0. The molecule has 0 radical (unpaired) electrons. The number of pyridine rings is 1. The minimum absolute atomic E-state index is 0.0488. The van der Waals surface area contributed by atoms with Crippen molar-refractivity contribution in [3.63, 3.8) is 0 Å². The average Bonchev–Trinajstić information content (AvgIpc) is 2.68. The highest BCUT2D eigenvalue weighted by Crippen LogP contribution is 2.44. The van der Waals surface area contributed by atoms with Gasteiger partial charge in [-0.25, -0.2) is 4.98 Å². The Balaban J connectivity index is 1.99. The highest BCUT2D eigenvalue weighted by Gasteiger charge is 2.35. The molecule has 3 aromatic carbocycles. The van der Waals surface area contributed by atoms with Crippen LogP contribution in [0.2, 0.25) is 15.1 Å². The Labute approximate surface area is 173 Å². The van der Waals surface area contributed by atoms with Crippen LogP contribution in [0.15, 0.2) is 42.5 Å². The SMILES string of the molecule is O=C1c2ccccc2C(=O)c2c1c(Cl)c(O)c1cc3cc(Cl)cc(Cl)c3nc21. The number of carbonyl (C=O) groups excluding carboxylic acids is 2. The molecule has 1 aliphatic carbocycles. The molecule has 1 N–H and O–H groups in total. The van der Waals surface area contributed by atoms with Crippen molar-refractivity contribution < 1.29 is 14.7 Å².